The molecule has 0 bridgehead atoms. The summed E-state index contributed by atoms with van der Waals surface area (Å²) in [7, 11) is 0. The van der Waals surface area contributed by atoms with E-state index in [1.165, 1.54) is 42.8 Å². The van der Waals surface area contributed by atoms with E-state index in [0.29, 0.717) is 16.2 Å². The summed E-state index contributed by atoms with van der Waals surface area (Å²) in [6.45, 7) is 3.42. The predicted octanol–water partition coefficient (Wildman–Crippen LogP) is 2.70. The Bertz CT molecular complexity index is 450. The molecule has 1 aromatic rings. The highest BCUT2D eigenvalue weighted by molar-refractivity contribution is 8.00. The fourth-order valence-corrected chi connectivity index (χ4v) is 4.66. The van der Waals surface area contributed by atoms with Crippen LogP contribution in [-0.2, 0) is 6.42 Å². The van der Waals surface area contributed by atoms with E-state index >= 15 is 0 Å². The van der Waals surface area contributed by atoms with Crippen molar-refractivity contribution in [1.82, 2.24) is 4.90 Å². The van der Waals surface area contributed by atoms with Crippen molar-refractivity contribution in [3.8, 4) is 0 Å². The van der Waals surface area contributed by atoms with Gasteiger partial charge < -0.3 is 10.6 Å². The number of thioether (sulfide) groups is 1. The van der Waals surface area contributed by atoms with Crippen molar-refractivity contribution in [2.45, 2.75) is 29.4 Å². The average Bonchev–Trinajstić information content (AvgIpc) is 2.81. The summed E-state index contributed by atoms with van der Waals surface area (Å²) >= 11 is 7.19. The van der Waals surface area contributed by atoms with Gasteiger partial charge in [-0.2, -0.15) is 0 Å². The normalized spacial score (nSPS) is 27.2. The van der Waals surface area contributed by atoms with E-state index < -0.39 is 0 Å². The van der Waals surface area contributed by atoms with Crippen LogP contribution in [0.1, 0.15) is 18.4 Å². The fourth-order valence-electron chi connectivity index (χ4n) is 3.10. The second-order valence-corrected chi connectivity index (χ2v) is 7.37. The predicted molar refractivity (Wildman–Crippen MR) is 85.7 cm³/mol. The number of benzene rings is 1. The van der Waals surface area contributed by atoms with Crippen LogP contribution in [0, 0.1) is 5.92 Å². The molecule has 0 aromatic heterocycles. The molecule has 0 amide bonds. The SMILES string of the molecule is NC(=S)C1CCCN(CC2Cc3ccccc3S2)C1. The lowest BCUT2D eigenvalue weighted by Crippen LogP contribution is -2.43. The summed E-state index contributed by atoms with van der Waals surface area (Å²) < 4.78 is 0. The molecule has 4 heteroatoms. The number of nitrogens with zero attached hydrogens (tertiary/aromatic N) is 1. The molecule has 2 aliphatic rings. The maximum Gasteiger partial charge on any atom is 0.0771 e. The highest BCUT2D eigenvalue weighted by atomic mass is 32.2. The number of rotatable bonds is 3. The molecule has 2 atom stereocenters. The van der Waals surface area contributed by atoms with Gasteiger partial charge in [0.25, 0.3) is 0 Å². The third-order valence-corrected chi connectivity index (χ3v) is 5.72. The molecule has 2 N–H and O–H groups in total. The van der Waals surface area contributed by atoms with Crippen LogP contribution in [0.15, 0.2) is 29.2 Å². The van der Waals surface area contributed by atoms with Crippen molar-refractivity contribution in [3.63, 3.8) is 0 Å². The van der Waals surface area contributed by atoms with Gasteiger partial charge in [0, 0.05) is 29.2 Å². The number of nitrogens with two attached hydrogens (primary N) is 1. The Morgan fingerprint density at radius 2 is 2.26 bits per heavy atom. The maximum absolute atomic E-state index is 5.81. The Labute approximate surface area is 124 Å². The Balaban J connectivity index is 1.57. The van der Waals surface area contributed by atoms with E-state index in [1.807, 2.05) is 11.8 Å². The molecule has 1 saturated heterocycles. The summed E-state index contributed by atoms with van der Waals surface area (Å²) in [5.74, 6) is 0.428. The third kappa shape index (κ3) is 3.12. The summed E-state index contributed by atoms with van der Waals surface area (Å²) in [5.41, 5.74) is 7.32. The van der Waals surface area contributed by atoms with Gasteiger partial charge in [-0.1, -0.05) is 30.4 Å². The average molecular weight is 292 g/mol. The Hall–Kier alpha value is -0.580. The van der Waals surface area contributed by atoms with Gasteiger partial charge in [0.05, 0.1) is 4.99 Å². The summed E-state index contributed by atoms with van der Waals surface area (Å²) in [4.78, 5) is 4.72. The molecule has 3 rings (SSSR count). The second-order valence-electron chi connectivity index (χ2n) is 5.55. The van der Waals surface area contributed by atoms with Crippen LogP contribution >= 0.6 is 24.0 Å². The van der Waals surface area contributed by atoms with Gasteiger partial charge in [-0.05, 0) is 37.4 Å². The van der Waals surface area contributed by atoms with Crippen LogP contribution in [0.2, 0.25) is 0 Å². The van der Waals surface area contributed by atoms with Crippen LogP contribution in [0.25, 0.3) is 0 Å². The van der Waals surface area contributed by atoms with Crippen molar-refractivity contribution in [2.75, 3.05) is 19.6 Å². The molecular formula is C15H20N2S2. The second kappa shape index (κ2) is 5.81. The number of thiocarbonyl (C=S) groups is 1. The minimum atomic E-state index is 0.428. The van der Waals surface area contributed by atoms with Gasteiger partial charge in [-0.15, -0.1) is 11.8 Å². The molecule has 0 aliphatic carbocycles. The van der Waals surface area contributed by atoms with Gasteiger partial charge >= 0.3 is 0 Å². The van der Waals surface area contributed by atoms with E-state index in [1.54, 1.807) is 0 Å². The maximum atomic E-state index is 5.81. The van der Waals surface area contributed by atoms with E-state index in [-0.39, 0.29) is 0 Å². The van der Waals surface area contributed by atoms with Crippen LogP contribution in [-0.4, -0.2) is 34.8 Å². The van der Waals surface area contributed by atoms with Gasteiger partial charge in [0.1, 0.15) is 0 Å². The Morgan fingerprint density at radius 3 is 3.05 bits per heavy atom. The van der Waals surface area contributed by atoms with Gasteiger partial charge in [-0.3, -0.25) is 0 Å². The van der Waals surface area contributed by atoms with Crippen LogP contribution < -0.4 is 5.73 Å². The van der Waals surface area contributed by atoms with E-state index in [9.17, 15) is 0 Å². The van der Waals surface area contributed by atoms with Crippen molar-refractivity contribution < 1.29 is 0 Å². The first-order chi connectivity index (χ1) is 9.22. The van der Waals surface area contributed by atoms with Crippen LogP contribution in [0.3, 0.4) is 0 Å². The molecule has 2 heterocycles. The quantitative estimate of drug-likeness (QED) is 0.868. The number of fused-ring (bicyclic) bond motifs is 1. The summed E-state index contributed by atoms with van der Waals surface area (Å²) in [6, 6.07) is 8.79. The minimum absolute atomic E-state index is 0.428. The molecule has 19 heavy (non-hydrogen) atoms. The van der Waals surface area contributed by atoms with Crippen molar-refractivity contribution in [2.24, 2.45) is 11.7 Å². The molecule has 0 spiro atoms. The monoisotopic (exact) mass is 292 g/mol. The number of hydrogen-bond acceptors (Lipinski definition) is 3. The highest BCUT2D eigenvalue weighted by Gasteiger charge is 2.27. The number of likely N-dealkylation sites (tertiary alicyclic amines) is 1. The highest BCUT2D eigenvalue weighted by Crippen LogP contribution is 2.37. The first-order valence-electron chi connectivity index (χ1n) is 6.98. The third-order valence-electron chi connectivity index (χ3n) is 4.08. The van der Waals surface area contributed by atoms with Gasteiger partial charge in [0.15, 0.2) is 0 Å². The van der Waals surface area contributed by atoms with Gasteiger partial charge in [-0.25, -0.2) is 0 Å². The van der Waals surface area contributed by atoms with E-state index in [4.69, 9.17) is 18.0 Å². The largest absolute Gasteiger partial charge is 0.393 e. The lowest BCUT2D eigenvalue weighted by atomic mass is 9.98. The summed E-state index contributed by atoms with van der Waals surface area (Å²) in [6.07, 6.45) is 3.60. The topological polar surface area (TPSA) is 29.3 Å². The summed E-state index contributed by atoms with van der Waals surface area (Å²) in [5, 5.41) is 0.697. The zero-order chi connectivity index (χ0) is 13.2. The molecule has 2 unspecified atom stereocenters. The van der Waals surface area contributed by atoms with Crippen LogP contribution in [0.5, 0.6) is 0 Å². The Kier molecular flexibility index (Phi) is 4.10. The zero-order valence-corrected chi connectivity index (χ0v) is 12.7. The molecule has 102 valence electrons. The smallest absolute Gasteiger partial charge is 0.0771 e. The van der Waals surface area contributed by atoms with Gasteiger partial charge in [0.2, 0.25) is 0 Å². The molecule has 2 nitrogen and oxygen atoms in total. The fraction of sp³-hybridized carbons (Fsp3) is 0.533. The Morgan fingerprint density at radius 1 is 1.42 bits per heavy atom. The van der Waals surface area contributed by atoms with Crippen molar-refractivity contribution in [3.05, 3.63) is 29.8 Å². The molecule has 0 radical (unpaired) electrons. The molecule has 1 fully saturated rings. The molecular weight excluding hydrogens is 272 g/mol. The molecule has 2 aliphatic heterocycles. The lowest BCUT2D eigenvalue weighted by molar-refractivity contribution is 0.206. The van der Waals surface area contributed by atoms with E-state index in [0.717, 1.165) is 6.54 Å². The minimum Gasteiger partial charge on any atom is -0.393 e. The van der Waals surface area contributed by atoms with E-state index in [2.05, 4.69) is 29.2 Å². The zero-order valence-electron chi connectivity index (χ0n) is 11.0. The first-order valence-corrected chi connectivity index (χ1v) is 8.27. The molecule has 1 aromatic carbocycles. The standard InChI is InChI=1S/C15H20N2S2/c16-15(18)12-5-3-7-17(9-12)10-13-8-11-4-1-2-6-14(11)19-13/h1-2,4,6,12-13H,3,5,7-10H2,(H2,16,18). The van der Waals surface area contributed by atoms with Crippen molar-refractivity contribution in [1.29, 1.82) is 0 Å². The number of piperidine rings is 1. The van der Waals surface area contributed by atoms with Crippen LogP contribution in [0.4, 0.5) is 0 Å². The lowest BCUT2D eigenvalue weighted by Gasteiger charge is -2.33. The number of hydrogen-bond donors (Lipinski definition) is 1. The first kappa shape index (κ1) is 13.4. The van der Waals surface area contributed by atoms with Crippen molar-refractivity contribution >= 4 is 29.0 Å². The molecule has 0 saturated carbocycles.